The third-order valence-electron chi connectivity index (χ3n) is 4.97. The molecule has 2 aromatic carbocycles. The molecule has 5 rings (SSSR count). The average Bonchev–Trinajstić information content (AvgIpc) is 3.61. The van der Waals surface area contributed by atoms with Crippen molar-refractivity contribution in [3.63, 3.8) is 0 Å². The summed E-state index contributed by atoms with van der Waals surface area (Å²) in [4.78, 5) is 25.9. The van der Waals surface area contributed by atoms with Gasteiger partial charge in [0.15, 0.2) is 18.1 Å². The van der Waals surface area contributed by atoms with E-state index in [0.29, 0.717) is 22.8 Å². The Labute approximate surface area is 193 Å². The molecular weight excluding hydrogens is 442 g/mol. The van der Waals surface area contributed by atoms with Crippen molar-refractivity contribution in [2.75, 3.05) is 13.4 Å². The standard InChI is InChI=1S/C24H19N3O5S/c28-22(25-12-16-8-9-19-20(11-16)32-15-31-19)14-30-24(29)18-13-27(17-5-2-1-3-6-17)26-23(18)21-7-4-10-33-21/h1-11,13H,12,14-15H2,(H,25,28). The fourth-order valence-electron chi connectivity index (χ4n) is 3.34. The molecule has 0 spiro atoms. The predicted molar refractivity (Wildman–Crippen MR) is 122 cm³/mol. The van der Waals surface area contributed by atoms with Crippen LogP contribution in [0.15, 0.2) is 72.2 Å². The highest BCUT2D eigenvalue weighted by atomic mass is 32.1. The van der Waals surface area contributed by atoms with Crippen molar-refractivity contribution in [1.29, 1.82) is 0 Å². The van der Waals surface area contributed by atoms with Crippen molar-refractivity contribution in [3.8, 4) is 27.8 Å². The molecule has 0 fully saturated rings. The molecule has 1 aliphatic rings. The highest BCUT2D eigenvalue weighted by molar-refractivity contribution is 7.13. The monoisotopic (exact) mass is 461 g/mol. The van der Waals surface area contributed by atoms with Gasteiger partial charge >= 0.3 is 5.97 Å². The van der Waals surface area contributed by atoms with Gasteiger partial charge in [0.2, 0.25) is 6.79 Å². The molecule has 0 unspecified atom stereocenters. The van der Waals surface area contributed by atoms with Crippen LogP contribution in [0.3, 0.4) is 0 Å². The Morgan fingerprint density at radius 2 is 1.91 bits per heavy atom. The fraction of sp³-hybridized carbons (Fsp3) is 0.125. The minimum atomic E-state index is -0.612. The summed E-state index contributed by atoms with van der Waals surface area (Å²) in [6.45, 7) is 0.0681. The van der Waals surface area contributed by atoms with Gasteiger partial charge < -0.3 is 19.5 Å². The molecule has 1 amide bonds. The second-order valence-corrected chi connectivity index (χ2v) is 8.14. The first-order valence-corrected chi connectivity index (χ1v) is 11.1. The maximum Gasteiger partial charge on any atom is 0.342 e. The number of ether oxygens (including phenoxy) is 3. The number of nitrogens with zero attached hydrogens (tertiary/aromatic N) is 2. The molecule has 0 atom stereocenters. The number of esters is 1. The predicted octanol–water partition coefficient (Wildman–Crippen LogP) is 3.80. The van der Waals surface area contributed by atoms with E-state index in [0.717, 1.165) is 16.1 Å². The van der Waals surface area contributed by atoms with Gasteiger partial charge in [-0.1, -0.05) is 30.3 Å². The number of hydrogen-bond donors (Lipinski definition) is 1. The van der Waals surface area contributed by atoms with Gasteiger partial charge in [0.1, 0.15) is 11.3 Å². The van der Waals surface area contributed by atoms with Crippen LogP contribution in [0.2, 0.25) is 0 Å². The lowest BCUT2D eigenvalue weighted by Crippen LogP contribution is -2.28. The Balaban J connectivity index is 1.24. The average molecular weight is 461 g/mol. The summed E-state index contributed by atoms with van der Waals surface area (Å²) in [6, 6.07) is 18.7. The number of hydrogen-bond acceptors (Lipinski definition) is 7. The molecule has 0 bridgehead atoms. The Hall–Kier alpha value is -4.11. The smallest absolute Gasteiger partial charge is 0.342 e. The highest BCUT2D eigenvalue weighted by Gasteiger charge is 2.21. The molecule has 33 heavy (non-hydrogen) atoms. The number of rotatable bonds is 7. The zero-order valence-electron chi connectivity index (χ0n) is 17.4. The lowest BCUT2D eigenvalue weighted by Gasteiger charge is -2.07. The first-order valence-electron chi connectivity index (χ1n) is 10.2. The van der Waals surface area contributed by atoms with Crippen LogP contribution in [-0.4, -0.2) is 35.1 Å². The van der Waals surface area contributed by atoms with Crippen molar-refractivity contribution in [3.05, 3.63) is 83.4 Å². The van der Waals surface area contributed by atoms with Crippen LogP contribution >= 0.6 is 11.3 Å². The Bertz CT molecular complexity index is 1280. The quantitative estimate of drug-likeness (QED) is 0.421. The van der Waals surface area contributed by atoms with E-state index in [1.807, 2.05) is 53.9 Å². The van der Waals surface area contributed by atoms with Crippen LogP contribution in [0, 0.1) is 0 Å². The van der Waals surface area contributed by atoms with Gasteiger partial charge in [0.05, 0.1) is 10.6 Å². The second-order valence-electron chi connectivity index (χ2n) is 7.19. The Kier molecular flexibility index (Phi) is 5.77. The molecule has 1 N–H and O–H groups in total. The number of carbonyl (C=O) groups excluding carboxylic acids is 2. The lowest BCUT2D eigenvalue weighted by molar-refractivity contribution is -0.124. The first-order chi connectivity index (χ1) is 16.2. The third-order valence-corrected chi connectivity index (χ3v) is 5.85. The molecule has 0 radical (unpaired) electrons. The molecule has 0 aliphatic carbocycles. The number of carbonyl (C=O) groups is 2. The molecule has 8 nitrogen and oxygen atoms in total. The highest BCUT2D eigenvalue weighted by Crippen LogP contribution is 2.32. The van der Waals surface area contributed by atoms with Gasteiger partial charge in [-0.15, -0.1) is 11.3 Å². The first kappa shape index (κ1) is 20.8. The zero-order chi connectivity index (χ0) is 22.6. The van der Waals surface area contributed by atoms with Crippen molar-refractivity contribution in [1.82, 2.24) is 15.1 Å². The number of benzene rings is 2. The van der Waals surface area contributed by atoms with Crippen molar-refractivity contribution in [2.24, 2.45) is 0 Å². The van der Waals surface area contributed by atoms with Crippen LogP contribution in [-0.2, 0) is 16.1 Å². The van der Waals surface area contributed by atoms with Crippen molar-refractivity contribution < 1.29 is 23.8 Å². The summed E-state index contributed by atoms with van der Waals surface area (Å²) < 4.78 is 17.5. The molecule has 2 aromatic heterocycles. The van der Waals surface area contributed by atoms with Gasteiger partial charge in [-0.25, -0.2) is 9.48 Å². The van der Waals surface area contributed by atoms with Gasteiger partial charge in [0, 0.05) is 12.7 Å². The minimum Gasteiger partial charge on any atom is -0.454 e. The Morgan fingerprint density at radius 1 is 1.06 bits per heavy atom. The number of thiophene rings is 1. The third kappa shape index (κ3) is 4.58. The van der Waals surface area contributed by atoms with E-state index in [2.05, 4.69) is 10.4 Å². The normalized spacial score (nSPS) is 11.9. The number of amides is 1. The Morgan fingerprint density at radius 3 is 2.73 bits per heavy atom. The summed E-state index contributed by atoms with van der Waals surface area (Å²) in [6.07, 6.45) is 1.62. The van der Waals surface area contributed by atoms with Crippen molar-refractivity contribution >= 4 is 23.2 Å². The van der Waals surface area contributed by atoms with Crippen LogP contribution in [0.1, 0.15) is 15.9 Å². The number of fused-ring (bicyclic) bond motifs is 1. The van der Waals surface area contributed by atoms with Crippen LogP contribution in [0.4, 0.5) is 0 Å². The van der Waals surface area contributed by atoms with E-state index in [1.165, 1.54) is 11.3 Å². The number of para-hydroxylation sites is 1. The van der Waals surface area contributed by atoms with Crippen LogP contribution in [0.25, 0.3) is 16.3 Å². The fourth-order valence-corrected chi connectivity index (χ4v) is 4.07. The van der Waals surface area contributed by atoms with Gasteiger partial charge in [-0.2, -0.15) is 5.10 Å². The number of aromatic nitrogens is 2. The minimum absolute atomic E-state index is 0.190. The molecule has 1 aliphatic heterocycles. The lowest BCUT2D eigenvalue weighted by atomic mass is 10.2. The molecule has 166 valence electrons. The van der Waals surface area contributed by atoms with Gasteiger partial charge in [0.25, 0.3) is 5.91 Å². The van der Waals surface area contributed by atoms with E-state index in [4.69, 9.17) is 14.2 Å². The maximum atomic E-state index is 12.8. The molecule has 9 heteroatoms. The van der Waals surface area contributed by atoms with E-state index in [1.54, 1.807) is 23.0 Å². The maximum absolute atomic E-state index is 12.8. The summed E-state index contributed by atoms with van der Waals surface area (Å²) in [5.41, 5.74) is 2.48. The van der Waals surface area contributed by atoms with Crippen LogP contribution < -0.4 is 14.8 Å². The molecular formula is C24H19N3O5S. The molecule has 0 saturated carbocycles. The summed E-state index contributed by atoms with van der Waals surface area (Å²) in [5, 5.41) is 9.23. The second kappa shape index (κ2) is 9.17. The van der Waals surface area contributed by atoms with Gasteiger partial charge in [-0.05, 0) is 41.3 Å². The van der Waals surface area contributed by atoms with Crippen LogP contribution in [0.5, 0.6) is 11.5 Å². The zero-order valence-corrected chi connectivity index (χ0v) is 18.2. The van der Waals surface area contributed by atoms with Crippen molar-refractivity contribution in [2.45, 2.75) is 6.54 Å². The molecule has 4 aromatic rings. The SMILES string of the molecule is O=C(COC(=O)c1cn(-c2ccccc2)nc1-c1cccs1)NCc1ccc2c(c1)OCO2. The van der Waals surface area contributed by atoms with Gasteiger partial charge in [-0.3, -0.25) is 4.79 Å². The van der Waals surface area contributed by atoms with E-state index >= 15 is 0 Å². The van der Waals surface area contributed by atoms with E-state index < -0.39 is 18.5 Å². The largest absolute Gasteiger partial charge is 0.454 e. The number of nitrogens with one attached hydrogen (secondary N) is 1. The van der Waals surface area contributed by atoms with E-state index in [-0.39, 0.29) is 13.3 Å². The topological polar surface area (TPSA) is 91.7 Å². The summed E-state index contributed by atoms with van der Waals surface area (Å²) >= 11 is 1.47. The summed E-state index contributed by atoms with van der Waals surface area (Å²) in [5.74, 6) is 0.300. The van der Waals surface area contributed by atoms with E-state index in [9.17, 15) is 9.59 Å². The summed E-state index contributed by atoms with van der Waals surface area (Å²) in [7, 11) is 0. The molecule has 0 saturated heterocycles. The molecule has 3 heterocycles.